The zero-order chi connectivity index (χ0) is 15.4. The van der Waals surface area contributed by atoms with Crippen molar-refractivity contribution in [2.24, 2.45) is 0 Å². The predicted molar refractivity (Wildman–Crippen MR) is 85.6 cm³/mol. The third-order valence-electron chi connectivity index (χ3n) is 3.39. The van der Waals surface area contributed by atoms with Crippen LogP contribution in [0.5, 0.6) is 5.75 Å². The quantitative estimate of drug-likeness (QED) is 0.859. The summed E-state index contributed by atoms with van der Waals surface area (Å²) in [6.45, 7) is 8.85. The topological polar surface area (TPSA) is 46.4 Å². The van der Waals surface area contributed by atoms with Crippen LogP contribution in [-0.2, 0) is 0 Å². The van der Waals surface area contributed by atoms with Crippen molar-refractivity contribution in [1.82, 2.24) is 4.68 Å². The monoisotopic (exact) mass is 288 g/mol. The highest BCUT2D eigenvalue weighted by Crippen LogP contribution is 2.16. The van der Waals surface area contributed by atoms with Crippen LogP contribution in [-0.4, -0.2) is 29.0 Å². The van der Waals surface area contributed by atoms with Gasteiger partial charge in [0.15, 0.2) is 0 Å². The van der Waals surface area contributed by atoms with Crippen molar-refractivity contribution in [2.45, 2.75) is 33.8 Å². The van der Waals surface area contributed by atoms with Gasteiger partial charge >= 0.3 is 0 Å². The zero-order valence-corrected chi connectivity index (χ0v) is 13.2. The molecule has 0 fully saturated rings. The fraction of sp³-hybridized carbons (Fsp3) is 0.412. The molecule has 2 aromatic rings. The van der Waals surface area contributed by atoms with E-state index in [0.717, 1.165) is 28.3 Å². The number of benzene rings is 1. The summed E-state index contributed by atoms with van der Waals surface area (Å²) in [6.07, 6.45) is -0.563. The van der Waals surface area contributed by atoms with E-state index in [-0.39, 0.29) is 6.61 Å². The van der Waals surface area contributed by atoms with Gasteiger partial charge in [0.05, 0.1) is 6.54 Å². The SMILES string of the molecule is Cc1cc(C)cc(OCC(O)CNn2c(C)ccc2C)c1. The predicted octanol–water partition coefficient (Wildman–Crippen LogP) is 2.71. The minimum Gasteiger partial charge on any atom is -0.491 e. The van der Waals surface area contributed by atoms with Crippen LogP contribution in [0.1, 0.15) is 22.5 Å². The Morgan fingerprint density at radius 2 is 1.62 bits per heavy atom. The molecule has 1 aromatic heterocycles. The molecule has 2 N–H and O–H groups in total. The van der Waals surface area contributed by atoms with Crippen molar-refractivity contribution in [1.29, 1.82) is 0 Å². The van der Waals surface area contributed by atoms with Gasteiger partial charge in [-0.3, -0.25) is 4.68 Å². The minimum atomic E-state index is -0.563. The van der Waals surface area contributed by atoms with Crippen LogP contribution in [0.4, 0.5) is 0 Å². The van der Waals surface area contributed by atoms with Crippen LogP contribution in [0.15, 0.2) is 30.3 Å². The smallest absolute Gasteiger partial charge is 0.119 e. The van der Waals surface area contributed by atoms with Gasteiger partial charge in [-0.2, -0.15) is 0 Å². The molecule has 0 saturated heterocycles. The van der Waals surface area contributed by atoms with Gasteiger partial charge in [-0.25, -0.2) is 0 Å². The van der Waals surface area contributed by atoms with Gasteiger partial charge in [-0.1, -0.05) is 6.07 Å². The van der Waals surface area contributed by atoms with E-state index in [1.807, 2.05) is 56.6 Å². The van der Waals surface area contributed by atoms with E-state index in [1.54, 1.807) is 0 Å². The fourth-order valence-electron chi connectivity index (χ4n) is 2.38. The van der Waals surface area contributed by atoms with Gasteiger partial charge in [-0.05, 0) is 63.1 Å². The Morgan fingerprint density at radius 3 is 2.19 bits per heavy atom. The molecule has 0 bridgehead atoms. The molecule has 1 unspecified atom stereocenters. The molecule has 4 heteroatoms. The molecule has 2 rings (SSSR count). The van der Waals surface area contributed by atoms with E-state index >= 15 is 0 Å². The number of nitrogens with one attached hydrogen (secondary N) is 1. The lowest BCUT2D eigenvalue weighted by molar-refractivity contribution is 0.115. The van der Waals surface area contributed by atoms with Crippen LogP contribution in [0.25, 0.3) is 0 Å². The van der Waals surface area contributed by atoms with Gasteiger partial charge in [0, 0.05) is 11.4 Å². The number of aliphatic hydroxyl groups excluding tert-OH is 1. The van der Waals surface area contributed by atoms with Crippen LogP contribution in [0.2, 0.25) is 0 Å². The van der Waals surface area contributed by atoms with E-state index in [4.69, 9.17) is 4.74 Å². The largest absolute Gasteiger partial charge is 0.491 e. The number of ether oxygens (including phenoxy) is 1. The first-order valence-corrected chi connectivity index (χ1v) is 7.23. The second-order valence-corrected chi connectivity index (χ2v) is 5.60. The van der Waals surface area contributed by atoms with Gasteiger partial charge in [0.2, 0.25) is 0 Å². The average molecular weight is 288 g/mol. The van der Waals surface area contributed by atoms with Crippen molar-refractivity contribution in [2.75, 3.05) is 18.6 Å². The summed E-state index contributed by atoms with van der Waals surface area (Å²) in [5.74, 6) is 0.805. The number of nitrogens with zero attached hydrogens (tertiary/aromatic N) is 1. The summed E-state index contributed by atoms with van der Waals surface area (Å²) in [7, 11) is 0. The molecule has 1 heterocycles. The van der Waals surface area contributed by atoms with Crippen molar-refractivity contribution >= 4 is 0 Å². The van der Waals surface area contributed by atoms with Crippen molar-refractivity contribution in [3.63, 3.8) is 0 Å². The lowest BCUT2D eigenvalue weighted by Gasteiger charge is -2.17. The maximum absolute atomic E-state index is 10.0. The van der Waals surface area contributed by atoms with Crippen LogP contribution < -0.4 is 10.2 Å². The number of rotatable bonds is 6. The first kappa shape index (κ1) is 15.4. The van der Waals surface area contributed by atoms with Gasteiger partial charge in [0.1, 0.15) is 18.5 Å². The second kappa shape index (κ2) is 6.68. The molecule has 1 aromatic carbocycles. The molecule has 0 aliphatic heterocycles. The van der Waals surface area contributed by atoms with E-state index in [1.165, 1.54) is 0 Å². The fourth-order valence-corrected chi connectivity index (χ4v) is 2.38. The number of hydrogen-bond donors (Lipinski definition) is 2. The Bertz CT molecular complexity index is 565. The molecule has 0 spiro atoms. The summed E-state index contributed by atoms with van der Waals surface area (Å²) in [4.78, 5) is 0. The molecule has 0 saturated carbocycles. The molecule has 21 heavy (non-hydrogen) atoms. The molecule has 0 aliphatic rings. The summed E-state index contributed by atoms with van der Waals surface area (Å²) in [6, 6.07) is 10.1. The van der Waals surface area contributed by atoms with Crippen molar-refractivity contribution in [3.8, 4) is 5.75 Å². The number of aryl methyl sites for hydroxylation is 4. The maximum Gasteiger partial charge on any atom is 0.119 e. The average Bonchev–Trinajstić information content (AvgIpc) is 2.72. The van der Waals surface area contributed by atoms with Crippen molar-refractivity contribution < 1.29 is 9.84 Å². The molecule has 1 atom stereocenters. The van der Waals surface area contributed by atoms with Gasteiger partial charge in [-0.15, -0.1) is 0 Å². The Labute approximate surface area is 126 Å². The first-order valence-electron chi connectivity index (χ1n) is 7.23. The summed E-state index contributed by atoms with van der Waals surface area (Å²) >= 11 is 0. The molecular formula is C17H24N2O2. The summed E-state index contributed by atoms with van der Waals surface area (Å²) < 4.78 is 7.63. The van der Waals surface area contributed by atoms with E-state index in [2.05, 4.69) is 11.5 Å². The Kier molecular flexibility index (Phi) is 4.91. The number of hydrogen-bond acceptors (Lipinski definition) is 3. The highest BCUT2D eigenvalue weighted by Gasteiger charge is 2.07. The second-order valence-electron chi connectivity index (χ2n) is 5.60. The minimum absolute atomic E-state index is 0.273. The number of aliphatic hydroxyl groups is 1. The highest BCUT2D eigenvalue weighted by molar-refractivity contribution is 5.33. The molecule has 4 nitrogen and oxygen atoms in total. The van der Waals surface area contributed by atoms with E-state index in [0.29, 0.717) is 6.54 Å². The first-order chi connectivity index (χ1) is 9.95. The Balaban J connectivity index is 1.83. The third kappa shape index (κ3) is 4.26. The highest BCUT2D eigenvalue weighted by atomic mass is 16.5. The third-order valence-corrected chi connectivity index (χ3v) is 3.39. The van der Waals surface area contributed by atoms with Gasteiger partial charge < -0.3 is 15.3 Å². The van der Waals surface area contributed by atoms with Crippen molar-refractivity contribution in [3.05, 3.63) is 52.8 Å². The van der Waals surface area contributed by atoms with E-state index < -0.39 is 6.10 Å². The number of aromatic nitrogens is 1. The zero-order valence-electron chi connectivity index (χ0n) is 13.2. The molecule has 0 radical (unpaired) electrons. The lowest BCUT2D eigenvalue weighted by Crippen LogP contribution is -2.31. The maximum atomic E-state index is 10.0. The Morgan fingerprint density at radius 1 is 1.05 bits per heavy atom. The summed E-state index contributed by atoms with van der Waals surface area (Å²) in [5, 5.41) is 10.0. The Hall–Kier alpha value is -1.94. The molecule has 0 amide bonds. The normalized spacial score (nSPS) is 12.2. The van der Waals surface area contributed by atoms with E-state index in [9.17, 15) is 5.11 Å². The lowest BCUT2D eigenvalue weighted by atomic mass is 10.1. The molecular weight excluding hydrogens is 264 g/mol. The van der Waals surface area contributed by atoms with Crippen LogP contribution in [0.3, 0.4) is 0 Å². The van der Waals surface area contributed by atoms with Gasteiger partial charge in [0.25, 0.3) is 0 Å². The van der Waals surface area contributed by atoms with Crippen LogP contribution >= 0.6 is 0 Å². The summed E-state index contributed by atoms with van der Waals surface area (Å²) in [5.41, 5.74) is 7.77. The standard InChI is InChI=1S/C17H24N2O2/c1-12-7-13(2)9-17(8-12)21-11-16(20)10-18-19-14(3)5-6-15(19)4/h5-9,16,18,20H,10-11H2,1-4H3. The molecule has 0 aliphatic carbocycles. The molecule has 114 valence electrons. The van der Waals surface area contributed by atoms with Crippen LogP contribution in [0, 0.1) is 27.7 Å².